The first-order valence-electron chi connectivity index (χ1n) is 17.4. The summed E-state index contributed by atoms with van der Waals surface area (Å²) < 4.78 is 7.10. The maximum atomic E-state index is 7.10. The van der Waals surface area contributed by atoms with E-state index >= 15 is 0 Å². The van der Waals surface area contributed by atoms with Crippen molar-refractivity contribution in [3.63, 3.8) is 0 Å². The van der Waals surface area contributed by atoms with Gasteiger partial charge in [-0.05, 0) is 71.4 Å². The molecule has 6 aromatic rings. The molecule has 10 rings (SSSR count). The molecule has 4 heteroatoms. The molecule has 0 radical (unpaired) electrons. The molecule has 1 aliphatic heterocycles. The first kappa shape index (κ1) is 28.8. The lowest BCUT2D eigenvalue weighted by Gasteiger charge is -2.44. The molecule has 4 aliphatic rings. The van der Waals surface area contributed by atoms with Gasteiger partial charge in [0.1, 0.15) is 11.5 Å². The normalized spacial score (nSPS) is 19.9. The van der Waals surface area contributed by atoms with Gasteiger partial charge in [0.15, 0.2) is 5.82 Å². The predicted octanol–water partition coefficient (Wildman–Crippen LogP) is 10.7. The highest BCUT2D eigenvalue weighted by Gasteiger charge is 2.53. The summed E-state index contributed by atoms with van der Waals surface area (Å²) in [5.41, 5.74) is 13.2. The molecular weight excluding hydrogens is 611 g/mol. The van der Waals surface area contributed by atoms with Crippen molar-refractivity contribution in [2.24, 2.45) is 0 Å². The second-order valence-corrected chi connectivity index (χ2v) is 13.3. The number of hydrogen-bond donors (Lipinski definition) is 0. The Bertz CT molecular complexity index is 2380. The van der Waals surface area contributed by atoms with Crippen molar-refractivity contribution in [2.45, 2.75) is 30.6 Å². The number of para-hydroxylation sites is 1. The monoisotopic (exact) mass is 643 g/mol. The fourth-order valence-corrected chi connectivity index (χ4v) is 8.61. The van der Waals surface area contributed by atoms with E-state index in [4.69, 9.17) is 14.7 Å². The number of rotatable bonds is 4. The molecule has 3 aliphatic carbocycles. The summed E-state index contributed by atoms with van der Waals surface area (Å²) in [7, 11) is 0. The molecule has 0 fully saturated rings. The van der Waals surface area contributed by atoms with Gasteiger partial charge in [0.25, 0.3) is 0 Å². The smallest absolute Gasteiger partial charge is 0.160 e. The summed E-state index contributed by atoms with van der Waals surface area (Å²) in [5.74, 6) is 2.60. The van der Waals surface area contributed by atoms with Crippen molar-refractivity contribution < 1.29 is 4.74 Å². The lowest BCUT2D eigenvalue weighted by molar-refractivity contribution is 0.344. The molecule has 2 aromatic heterocycles. The Morgan fingerprint density at radius 1 is 0.620 bits per heavy atom. The molecule has 50 heavy (non-hydrogen) atoms. The van der Waals surface area contributed by atoms with Crippen LogP contribution in [0.4, 0.5) is 0 Å². The number of nitrogens with zero attached hydrogens (tertiary/aromatic N) is 3. The van der Waals surface area contributed by atoms with Gasteiger partial charge in [0.05, 0.1) is 22.5 Å². The molecule has 238 valence electrons. The second kappa shape index (κ2) is 11.5. The average molecular weight is 644 g/mol. The standard InChI is InChI=1S/C46H33N3O/c1-2-15-30(16-3-1)45-48-41(29-42(49-45)40-26-12-13-28-47-40)34-20-5-4-17-31(34)35-21-14-25-39-44(35)50-43-27-11-10-24-38(43)46(39)36-22-8-6-18-32(36)33-19-7-9-23-37(33)46/h1-6,8-18,20,22-29,35H,7,19,21H2. The van der Waals surface area contributed by atoms with Crippen LogP contribution < -0.4 is 4.74 Å². The highest BCUT2D eigenvalue weighted by molar-refractivity contribution is 5.90. The molecule has 4 aromatic carbocycles. The Hall–Kier alpha value is -6.13. The van der Waals surface area contributed by atoms with E-state index in [9.17, 15) is 0 Å². The number of fused-ring (bicyclic) bond motifs is 7. The lowest BCUT2D eigenvalue weighted by Crippen LogP contribution is -2.37. The Morgan fingerprint density at radius 3 is 2.24 bits per heavy atom. The molecule has 2 atom stereocenters. The van der Waals surface area contributed by atoms with E-state index in [1.54, 1.807) is 0 Å². The zero-order valence-corrected chi connectivity index (χ0v) is 27.5. The Labute approximate surface area is 291 Å². The van der Waals surface area contributed by atoms with Gasteiger partial charge in [-0.1, -0.05) is 127 Å². The van der Waals surface area contributed by atoms with Crippen LogP contribution >= 0.6 is 0 Å². The summed E-state index contributed by atoms with van der Waals surface area (Å²) in [6.45, 7) is 0. The Morgan fingerprint density at radius 2 is 1.36 bits per heavy atom. The van der Waals surface area contributed by atoms with Crippen molar-refractivity contribution in [3.8, 4) is 39.8 Å². The topological polar surface area (TPSA) is 47.9 Å². The highest BCUT2D eigenvalue weighted by atomic mass is 16.5. The first-order valence-corrected chi connectivity index (χ1v) is 17.4. The maximum Gasteiger partial charge on any atom is 0.160 e. The molecule has 4 nitrogen and oxygen atoms in total. The van der Waals surface area contributed by atoms with Gasteiger partial charge in [0, 0.05) is 34.4 Å². The minimum atomic E-state index is -0.446. The van der Waals surface area contributed by atoms with Gasteiger partial charge < -0.3 is 4.74 Å². The SMILES string of the molecule is C1=CC2=C(CC1)c1ccccc1C21C2=C(Oc3ccccc31)C(c1ccccc1-c1cc(-c3ccccn3)nc(-c3ccccc3)n1)CC=C2. The van der Waals surface area contributed by atoms with Crippen LogP contribution in [0.5, 0.6) is 5.75 Å². The molecule has 0 saturated carbocycles. The molecule has 0 amide bonds. The molecule has 0 bridgehead atoms. The molecule has 0 saturated heterocycles. The van der Waals surface area contributed by atoms with Crippen LogP contribution in [-0.2, 0) is 5.41 Å². The van der Waals surface area contributed by atoms with Crippen LogP contribution in [-0.4, -0.2) is 15.0 Å². The number of ether oxygens (including phenoxy) is 1. The van der Waals surface area contributed by atoms with E-state index in [0.29, 0.717) is 5.82 Å². The van der Waals surface area contributed by atoms with Crippen molar-refractivity contribution in [1.82, 2.24) is 15.0 Å². The molecule has 0 N–H and O–H groups in total. The summed E-state index contributed by atoms with van der Waals surface area (Å²) in [5, 5.41) is 0. The number of hydrogen-bond acceptors (Lipinski definition) is 4. The van der Waals surface area contributed by atoms with E-state index in [1.165, 1.54) is 39.0 Å². The molecular formula is C46H33N3O. The second-order valence-electron chi connectivity index (χ2n) is 13.3. The van der Waals surface area contributed by atoms with Crippen LogP contribution in [0.1, 0.15) is 47.4 Å². The third-order valence-electron chi connectivity index (χ3n) is 10.7. The summed E-state index contributed by atoms with van der Waals surface area (Å²) in [6.07, 6.45) is 14.2. The van der Waals surface area contributed by atoms with Gasteiger partial charge in [-0.2, -0.15) is 0 Å². The fraction of sp³-hybridized carbons (Fsp3) is 0.109. The average Bonchev–Trinajstić information content (AvgIpc) is 3.49. The van der Waals surface area contributed by atoms with Crippen LogP contribution in [0.25, 0.3) is 39.6 Å². The zero-order valence-electron chi connectivity index (χ0n) is 27.5. The fourth-order valence-electron chi connectivity index (χ4n) is 8.61. The van der Waals surface area contributed by atoms with Crippen LogP contribution in [0.2, 0.25) is 0 Å². The largest absolute Gasteiger partial charge is 0.460 e. The third kappa shape index (κ3) is 4.28. The van der Waals surface area contributed by atoms with E-state index in [0.717, 1.165) is 59.0 Å². The summed E-state index contributed by atoms with van der Waals surface area (Å²) in [4.78, 5) is 14.9. The number of aromatic nitrogens is 3. The van der Waals surface area contributed by atoms with E-state index < -0.39 is 5.41 Å². The molecule has 3 heterocycles. The van der Waals surface area contributed by atoms with E-state index in [-0.39, 0.29) is 5.92 Å². The van der Waals surface area contributed by atoms with Crippen LogP contribution in [0, 0.1) is 0 Å². The third-order valence-corrected chi connectivity index (χ3v) is 10.7. The van der Waals surface area contributed by atoms with E-state index in [1.807, 2.05) is 42.6 Å². The maximum absolute atomic E-state index is 7.10. The minimum absolute atomic E-state index is 0.0192. The van der Waals surface area contributed by atoms with Crippen LogP contribution in [0.15, 0.2) is 175 Å². The van der Waals surface area contributed by atoms with Crippen LogP contribution in [0.3, 0.4) is 0 Å². The summed E-state index contributed by atoms with van der Waals surface area (Å²) in [6, 6.07) is 44.6. The van der Waals surface area contributed by atoms with Crippen molar-refractivity contribution in [3.05, 3.63) is 197 Å². The highest BCUT2D eigenvalue weighted by Crippen LogP contribution is 2.63. The predicted molar refractivity (Wildman–Crippen MR) is 199 cm³/mol. The Balaban J connectivity index is 1.20. The van der Waals surface area contributed by atoms with Gasteiger partial charge >= 0.3 is 0 Å². The number of benzene rings is 4. The zero-order chi connectivity index (χ0) is 33.1. The van der Waals surface area contributed by atoms with Gasteiger partial charge in [-0.25, -0.2) is 9.97 Å². The van der Waals surface area contributed by atoms with E-state index in [2.05, 4.69) is 120 Å². The summed E-state index contributed by atoms with van der Waals surface area (Å²) >= 11 is 0. The number of pyridine rings is 1. The van der Waals surface area contributed by atoms with Crippen molar-refractivity contribution >= 4 is 5.57 Å². The van der Waals surface area contributed by atoms with Crippen molar-refractivity contribution in [1.29, 1.82) is 0 Å². The Kier molecular flexibility index (Phi) is 6.63. The lowest BCUT2D eigenvalue weighted by atomic mass is 9.62. The quantitative estimate of drug-likeness (QED) is 0.192. The van der Waals surface area contributed by atoms with Gasteiger partial charge in [0.2, 0.25) is 0 Å². The van der Waals surface area contributed by atoms with Crippen molar-refractivity contribution in [2.75, 3.05) is 0 Å². The number of allylic oxidation sites excluding steroid dienone is 8. The van der Waals surface area contributed by atoms with Gasteiger partial charge in [-0.15, -0.1) is 0 Å². The first-order chi connectivity index (χ1) is 24.8. The molecule has 1 spiro atoms. The van der Waals surface area contributed by atoms with Gasteiger partial charge in [-0.3, -0.25) is 4.98 Å². The molecule has 2 unspecified atom stereocenters. The minimum Gasteiger partial charge on any atom is -0.460 e.